The maximum absolute atomic E-state index is 12.4. The van der Waals surface area contributed by atoms with E-state index in [4.69, 9.17) is 0 Å². The summed E-state index contributed by atoms with van der Waals surface area (Å²) in [5, 5.41) is 9.30. The first-order valence-corrected chi connectivity index (χ1v) is 8.43. The Morgan fingerprint density at radius 1 is 1.05 bits per heavy atom. The lowest BCUT2D eigenvalue weighted by Crippen LogP contribution is -2.33. The summed E-state index contributed by atoms with van der Waals surface area (Å²) in [6.45, 7) is 1.64. The number of rotatable bonds is 6. The number of para-hydroxylation sites is 1. The van der Waals surface area contributed by atoms with Gasteiger partial charge in [-0.3, -0.25) is 4.31 Å². The molecule has 2 rings (SSSR count). The van der Waals surface area contributed by atoms with E-state index in [-0.39, 0.29) is 23.5 Å². The summed E-state index contributed by atoms with van der Waals surface area (Å²) < 4.78 is 26.0. The number of hydrogen-bond donors (Lipinski definition) is 1. The highest BCUT2D eigenvalue weighted by Gasteiger charge is 2.25. The minimum Gasteiger partial charge on any atom is -0.478 e. The first-order chi connectivity index (χ1) is 10.5. The monoisotopic (exact) mass is 319 g/mol. The molecule has 0 fully saturated rings. The van der Waals surface area contributed by atoms with Gasteiger partial charge in [-0.25, -0.2) is 13.2 Å². The van der Waals surface area contributed by atoms with Crippen LogP contribution in [0, 0.1) is 0 Å². The van der Waals surface area contributed by atoms with Crippen LogP contribution in [0.3, 0.4) is 0 Å². The maximum atomic E-state index is 12.4. The quantitative estimate of drug-likeness (QED) is 0.888. The third kappa shape index (κ3) is 3.46. The second-order valence-electron chi connectivity index (χ2n) is 4.72. The summed E-state index contributed by atoms with van der Waals surface area (Å²) in [6, 6.07) is 15.2. The Morgan fingerprint density at radius 3 is 2.23 bits per heavy atom. The number of carbonyl (C=O) groups is 1. The lowest BCUT2D eigenvalue weighted by Gasteiger charge is -2.25. The lowest BCUT2D eigenvalue weighted by atomic mass is 10.1. The summed E-state index contributed by atoms with van der Waals surface area (Å²) in [7, 11) is -3.60. The number of benzene rings is 2. The molecule has 0 amide bonds. The second kappa shape index (κ2) is 6.62. The van der Waals surface area contributed by atoms with Crippen molar-refractivity contribution in [2.75, 3.05) is 10.1 Å². The molecule has 0 saturated heterocycles. The predicted octanol–water partition coefficient (Wildman–Crippen LogP) is 2.74. The standard InChI is InChI=1S/C16H17NO4S/c1-2-22(20,21)17(12-13-8-4-3-5-9-13)15-11-7-6-10-14(15)16(18)19/h3-11H,2,12H2,1H3,(H,18,19). The first kappa shape index (κ1) is 16.0. The van der Waals surface area contributed by atoms with Gasteiger partial charge in [0.15, 0.2) is 0 Å². The highest BCUT2D eigenvalue weighted by atomic mass is 32.2. The molecule has 6 heteroatoms. The van der Waals surface area contributed by atoms with E-state index in [9.17, 15) is 18.3 Å². The number of aromatic carboxylic acids is 1. The molecule has 0 saturated carbocycles. The topological polar surface area (TPSA) is 74.7 Å². The number of nitrogens with zero attached hydrogens (tertiary/aromatic N) is 1. The SMILES string of the molecule is CCS(=O)(=O)N(Cc1ccccc1)c1ccccc1C(=O)O. The zero-order chi connectivity index (χ0) is 16.2. The third-order valence-electron chi connectivity index (χ3n) is 3.27. The fourth-order valence-corrected chi connectivity index (χ4v) is 3.23. The van der Waals surface area contributed by atoms with Crippen molar-refractivity contribution in [2.45, 2.75) is 13.5 Å². The molecule has 0 aliphatic rings. The van der Waals surface area contributed by atoms with Crippen molar-refractivity contribution in [1.29, 1.82) is 0 Å². The molecule has 0 aromatic heterocycles. The van der Waals surface area contributed by atoms with Crippen molar-refractivity contribution in [3.63, 3.8) is 0 Å². The van der Waals surface area contributed by atoms with Gasteiger partial charge in [0.25, 0.3) is 0 Å². The molecule has 0 radical (unpaired) electrons. The first-order valence-electron chi connectivity index (χ1n) is 6.82. The van der Waals surface area contributed by atoms with Gasteiger partial charge in [0.2, 0.25) is 10.0 Å². The van der Waals surface area contributed by atoms with Crippen molar-refractivity contribution < 1.29 is 18.3 Å². The molecule has 2 aromatic rings. The van der Waals surface area contributed by atoms with Crippen LogP contribution in [0.5, 0.6) is 0 Å². The molecule has 22 heavy (non-hydrogen) atoms. The zero-order valence-electron chi connectivity index (χ0n) is 12.1. The minimum atomic E-state index is -3.60. The Morgan fingerprint density at radius 2 is 1.64 bits per heavy atom. The van der Waals surface area contributed by atoms with Crippen LogP contribution >= 0.6 is 0 Å². The molecule has 1 N–H and O–H groups in total. The maximum Gasteiger partial charge on any atom is 0.337 e. The van der Waals surface area contributed by atoms with Crippen LogP contribution in [0.25, 0.3) is 0 Å². The largest absolute Gasteiger partial charge is 0.478 e. The van der Waals surface area contributed by atoms with E-state index in [1.165, 1.54) is 19.1 Å². The van der Waals surface area contributed by atoms with Gasteiger partial charge >= 0.3 is 5.97 Å². The molecule has 0 spiro atoms. The molecular formula is C16H17NO4S. The van der Waals surface area contributed by atoms with E-state index < -0.39 is 16.0 Å². The molecule has 116 valence electrons. The van der Waals surface area contributed by atoms with Crippen LogP contribution in [0.15, 0.2) is 54.6 Å². The molecule has 0 heterocycles. The fraction of sp³-hybridized carbons (Fsp3) is 0.188. The lowest BCUT2D eigenvalue weighted by molar-refractivity contribution is 0.0697. The highest BCUT2D eigenvalue weighted by molar-refractivity contribution is 7.92. The van der Waals surface area contributed by atoms with Crippen molar-refractivity contribution in [3.8, 4) is 0 Å². The van der Waals surface area contributed by atoms with E-state index in [1.54, 1.807) is 12.1 Å². The van der Waals surface area contributed by atoms with Crippen molar-refractivity contribution in [3.05, 3.63) is 65.7 Å². The smallest absolute Gasteiger partial charge is 0.337 e. The normalized spacial score (nSPS) is 11.1. The average Bonchev–Trinajstić information content (AvgIpc) is 2.53. The Kier molecular flexibility index (Phi) is 4.82. The van der Waals surface area contributed by atoms with Gasteiger partial charge in [-0.15, -0.1) is 0 Å². The van der Waals surface area contributed by atoms with E-state index >= 15 is 0 Å². The van der Waals surface area contributed by atoms with Gasteiger partial charge in [-0.1, -0.05) is 42.5 Å². The van der Waals surface area contributed by atoms with E-state index in [0.717, 1.165) is 9.87 Å². The summed E-state index contributed by atoms with van der Waals surface area (Å²) in [5.74, 6) is -1.26. The number of anilines is 1. The Bertz CT molecular complexity index is 757. The van der Waals surface area contributed by atoms with Crippen LogP contribution < -0.4 is 4.31 Å². The van der Waals surface area contributed by atoms with Gasteiger partial charge < -0.3 is 5.11 Å². The third-order valence-corrected chi connectivity index (χ3v) is 5.00. The number of sulfonamides is 1. The summed E-state index contributed by atoms with van der Waals surface area (Å²) in [4.78, 5) is 11.4. The highest BCUT2D eigenvalue weighted by Crippen LogP contribution is 2.25. The summed E-state index contributed by atoms with van der Waals surface area (Å²) in [6.07, 6.45) is 0. The van der Waals surface area contributed by atoms with Crippen molar-refractivity contribution in [1.82, 2.24) is 0 Å². The van der Waals surface area contributed by atoms with Gasteiger partial charge in [0.1, 0.15) is 0 Å². The molecular weight excluding hydrogens is 302 g/mol. The molecule has 0 bridgehead atoms. The van der Waals surface area contributed by atoms with E-state index in [1.807, 2.05) is 30.3 Å². The number of hydrogen-bond acceptors (Lipinski definition) is 3. The predicted molar refractivity (Wildman–Crippen MR) is 85.5 cm³/mol. The fourth-order valence-electron chi connectivity index (χ4n) is 2.11. The van der Waals surface area contributed by atoms with Gasteiger partial charge in [-0.05, 0) is 24.6 Å². The molecule has 0 aliphatic heterocycles. The van der Waals surface area contributed by atoms with Gasteiger partial charge in [0.05, 0.1) is 23.5 Å². The summed E-state index contributed by atoms with van der Waals surface area (Å²) in [5.41, 5.74) is 0.941. The molecule has 0 aliphatic carbocycles. The molecule has 5 nitrogen and oxygen atoms in total. The molecule has 2 aromatic carbocycles. The second-order valence-corrected chi connectivity index (χ2v) is 6.90. The van der Waals surface area contributed by atoms with Crippen LogP contribution in [0.4, 0.5) is 5.69 Å². The van der Waals surface area contributed by atoms with Crippen LogP contribution in [0.1, 0.15) is 22.8 Å². The van der Waals surface area contributed by atoms with Gasteiger partial charge in [0, 0.05) is 0 Å². The Labute approximate surface area is 129 Å². The molecule has 0 unspecified atom stereocenters. The van der Waals surface area contributed by atoms with E-state index in [2.05, 4.69) is 0 Å². The van der Waals surface area contributed by atoms with Gasteiger partial charge in [-0.2, -0.15) is 0 Å². The number of carboxylic acid groups (broad SMARTS) is 1. The zero-order valence-corrected chi connectivity index (χ0v) is 13.0. The summed E-state index contributed by atoms with van der Waals surface area (Å²) >= 11 is 0. The average molecular weight is 319 g/mol. The Hall–Kier alpha value is -2.34. The Balaban J connectivity index is 2.53. The van der Waals surface area contributed by atoms with Crippen LogP contribution in [-0.4, -0.2) is 25.2 Å². The van der Waals surface area contributed by atoms with Crippen LogP contribution in [-0.2, 0) is 16.6 Å². The number of carboxylic acids is 1. The van der Waals surface area contributed by atoms with Crippen molar-refractivity contribution >= 4 is 21.7 Å². The molecule has 0 atom stereocenters. The van der Waals surface area contributed by atoms with Crippen LogP contribution in [0.2, 0.25) is 0 Å². The van der Waals surface area contributed by atoms with E-state index in [0.29, 0.717) is 0 Å². The van der Waals surface area contributed by atoms with Crippen molar-refractivity contribution in [2.24, 2.45) is 0 Å². The minimum absolute atomic E-state index is 0.0320.